The van der Waals surface area contributed by atoms with Crippen molar-refractivity contribution >= 4 is 51.2 Å². The lowest BCUT2D eigenvalue weighted by molar-refractivity contribution is 0.100. The molecule has 0 bridgehead atoms. The van der Waals surface area contributed by atoms with Crippen molar-refractivity contribution in [3.8, 4) is 0 Å². The van der Waals surface area contributed by atoms with E-state index in [1.807, 2.05) is 55.6 Å². The first-order valence-electron chi connectivity index (χ1n) is 14.5. The zero-order valence-electron chi connectivity index (χ0n) is 23.4. The molecule has 0 spiro atoms. The maximum Gasteiger partial charge on any atom is 0.277 e. The Morgan fingerprint density at radius 1 is 1.00 bits per heavy atom. The lowest BCUT2D eigenvalue weighted by Crippen LogP contribution is -2.13. The number of aliphatic imine (C=N–C) groups is 1. The van der Waals surface area contributed by atoms with Crippen LogP contribution < -0.4 is 0 Å². The highest BCUT2D eigenvalue weighted by molar-refractivity contribution is 14.1. The number of hydrogen-bond donors (Lipinski definition) is 0. The van der Waals surface area contributed by atoms with Crippen LogP contribution in [-0.4, -0.2) is 16.6 Å². The summed E-state index contributed by atoms with van der Waals surface area (Å²) in [5.74, 6) is 1.30. The molecule has 5 rings (SSSR count). The molecule has 1 fully saturated rings. The van der Waals surface area contributed by atoms with Crippen LogP contribution >= 0.6 is 22.6 Å². The summed E-state index contributed by atoms with van der Waals surface area (Å²) in [6.45, 7) is 4.44. The molecule has 204 valence electrons. The van der Waals surface area contributed by atoms with Gasteiger partial charge in [0.25, 0.3) is 5.91 Å². The Kier molecular flexibility index (Phi) is 9.58. The number of rotatable bonds is 8. The van der Waals surface area contributed by atoms with Crippen molar-refractivity contribution in [2.75, 3.05) is 0 Å². The molecular formula is C36H37IN2O. The Morgan fingerprint density at radius 2 is 1.73 bits per heavy atom. The first-order valence-corrected chi connectivity index (χ1v) is 15.6. The summed E-state index contributed by atoms with van der Waals surface area (Å²) in [6.07, 6.45) is 12.2. The van der Waals surface area contributed by atoms with Crippen molar-refractivity contribution in [2.45, 2.75) is 58.8 Å². The van der Waals surface area contributed by atoms with E-state index in [0.717, 1.165) is 35.6 Å². The molecular weight excluding hydrogens is 603 g/mol. The van der Waals surface area contributed by atoms with Gasteiger partial charge in [0.05, 0.1) is 11.2 Å². The molecule has 40 heavy (non-hydrogen) atoms. The van der Waals surface area contributed by atoms with E-state index in [1.54, 1.807) is 0 Å². The van der Waals surface area contributed by atoms with Gasteiger partial charge >= 0.3 is 0 Å². The van der Waals surface area contributed by atoms with Gasteiger partial charge in [0.2, 0.25) is 0 Å². The van der Waals surface area contributed by atoms with E-state index in [2.05, 4.69) is 82.0 Å². The first kappa shape index (κ1) is 28.4. The summed E-state index contributed by atoms with van der Waals surface area (Å²) in [6, 6.07) is 27.0. The van der Waals surface area contributed by atoms with Crippen molar-refractivity contribution in [3.05, 3.63) is 116 Å². The van der Waals surface area contributed by atoms with Gasteiger partial charge in [-0.15, -0.1) is 0 Å². The minimum Gasteiger partial charge on any atom is -0.267 e. The summed E-state index contributed by atoms with van der Waals surface area (Å²) in [4.78, 5) is 21.7. The van der Waals surface area contributed by atoms with Crippen LogP contribution in [0.4, 0.5) is 0 Å². The lowest BCUT2D eigenvalue weighted by Gasteiger charge is -2.26. The van der Waals surface area contributed by atoms with E-state index in [0.29, 0.717) is 11.5 Å². The maximum absolute atomic E-state index is 12.8. The molecule has 1 aliphatic carbocycles. The predicted molar refractivity (Wildman–Crippen MR) is 176 cm³/mol. The standard InChI is InChI=1S/C36H37IN2O/c1-3-34(30-15-17-33(37)18-16-30)39-36(40)31-13-10-28(11-14-31)23-27-8-6-26(7-9-27)21-25(2)22-29-12-19-35-32(24-29)5-4-20-38-35/h4-5,10-20,23-26H,3,6-9,21-22H2,1-2H3. The Bertz CT molecular complexity index is 1510. The minimum absolute atomic E-state index is 0.176. The average molecular weight is 641 g/mol. The summed E-state index contributed by atoms with van der Waals surface area (Å²) in [5.41, 5.74) is 7.65. The van der Waals surface area contributed by atoms with Gasteiger partial charge in [0, 0.05) is 20.7 Å². The van der Waals surface area contributed by atoms with Crippen LogP contribution in [-0.2, 0) is 6.42 Å². The lowest BCUT2D eigenvalue weighted by atomic mass is 9.79. The van der Waals surface area contributed by atoms with Crippen LogP contribution in [0.1, 0.15) is 79.4 Å². The van der Waals surface area contributed by atoms with Gasteiger partial charge < -0.3 is 0 Å². The first-order chi connectivity index (χ1) is 19.5. The Labute approximate surface area is 252 Å². The normalized spacial score (nSPS) is 16.6. The van der Waals surface area contributed by atoms with Crippen LogP contribution in [0.5, 0.6) is 0 Å². The van der Waals surface area contributed by atoms with Crippen LogP contribution in [0.3, 0.4) is 0 Å². The van der Waals surface area contributed by atoms with Gasteiger partial charge in [-0.3, -0.25) is 9.78 Å². The van der Waals surface area contributed by atoms with Gasteiger partial charge in [-0.1, -0.05) is 61.9 Å². The molecule has 1 amide bonds. The Balaban J connectivity index is 1.13. The van der Waals surface area contributed by atoms with Crippen LogP contribution in [0.25, 0.3) is 17.0 Å². The van der Waals surface area contributed by atoms with Crippen LogP contribution in [0.2, 0.25) is 0 Å². The van der Waals surface area contributed by atoms with E-state index >= 15 is 0 Å². The van der Waals surface area contributed by atoms with E-state index in [-0.39, 0.29) is 5.91 Å². The number of hydrogen-bond acceptors (Lipinski definition) is 2. The molecule has 4 heteroatoms. The number of fused-ring (bicyclic) bond motifs is 1. The highest BCUT2D eigenvalue weighted by Crippen LogP contribution is 2.34. The SMILES string of the molecule is CCC(=NC(=O)c1ccc(C=C2CCC(CC(C)Cc3ccc4ncccc4c3)CC2)cc1)c1ccc(I)cc1. The second kappa shape index (κ2) is 13.5. The molecule has 1 aromatic heterocycles. The quantitative estimate of drug-likeness (QED) is 0.142. The predicted octanol–water partition coefficient (Wildman–Crippen LogP) is 9.72. The van der Waals surface area contributed by atoms with Gasteiger partial charge in [0.15, 0.2) is 0 Å². The van der Waals surface area contributed by atoms with Crippen molar-refractivity contribution in [1.82, 2.24) is 4.98 Å². The highest BCUT2D eigenvalue weighted by Gasteiger charge is 2.19. The number of nitrogens with zero attached hydrogens (tertiary/aromatic N) is 2. The van der Waals surface area contributed by atoms with E-state index in [1.165, 1.54) is 57.8 Å². The molecule has 1 aliphatic rings. The molecule has 0 saturated heterocycles. The van der Waals surface area contributed by atoms with E-state index in [4.69, 9.17) is 0 Å². The van der Waals surface area contributed by atoms with E-state index < -0.39 is 0 Å². The van der Waals surface area contributed by atoms with Crippen LogP contribution in [0.15, 0.2) is 95.6 Å². The molecule has 3 aromatic carbocycles. The fourth-order valence-electron chi connectivity index (χ4n) is 5.87. The van der Waals surface area contributed by atoms with Gasteiger partial charge in [-0.05, 0) is 139 Å². The molecule has 4 aromatic rings. The molecule has 1 heterocycles. The van der Waals surface area contributed by atoms with Crippen molar-refractivity contribution in [2.24, 2.45) is 16.8 Å². The Hall–Kier alpha value is -3.12. The molecule has 3 nitrogen and oxygen atoms in total. The number of allylic oxidation sites excluding steroid dienone is 1. The average Bonchev–Trinajstić information content (AvgIpc) is 2.97. The number of carbonyl (C=O) groups is 1. The van der Waals surface area contributed by atoms with Crippen molar-refractivity contribution in [3.63, 3.8) is 0 Å². The second-order valence-corrected chi connectivity index (χ2v) is 12.4. The van der Waals surface area contributed by atoms with Gasteiger partial charge in [0.1, 0.15) is 0 Å². The maximum atomic E-state index is 12.8. The number of amides is 1. The van der Waals surface area contributed by atoms with Crippen molar-refractivity contribution < 1.29 is 4.79 Å². The molecule has 0 N–H and O–H groups in total. The molecule has 1 unspecified atom stereocenters. The fraction of sp³-hybridized carbons (Fsp3) is 0.306. The zero-order chi connectivity index (χ0) is 27.9. The summed E-state index contributed by atoms with van der Waals surface area (Å²) in [5, 5.41) is 1.23. The van der Waals surface area contributed by atoms with E-state index in [9.17, 15) is 4.79 Å². The topological polar surface area (TPSA) is 42.3 Å². The number of halogens is 1. The third-order valence-corrected chi connectivity index (χ3v) is 8.73. The van der Waals surface area contributed by atoms with Gasteiger partial charge in [-0.25, -0.2) is 4.99 Å². The number of benzene rings is 3. The highest BCUT2D eigenvalue weighted by atomic mass is 127. The minimum atomic E-state index is -0.176. The summed E-state index contributed by atoms with van der Waals surface area (Å²) < 4.78 is 1.17. The number of aromatic nitrogens is 1. The number of pyridine rings is 1. The smallest absolute Gasteiger partial charge is 0.267 e. The molecule has 1 saturated carbocycles. The Morgan fingerprint density at radius 3 is 2.45 bits per heavy atom. The monoisotopic (exact) mass is 640 g/mol. The fourth-order valence-corrected chi connectivity index (χ4v) is 6.23. The largest absolute Gasteiger partial charge is 0.277 e. The summed E-state index contributed by atoms with van der Waals surface area (Å²) in [7, 11) is 0. The van der Waals surface area contributed by atoms with Crippen molar-refractivity contribution in [1.29, 1.82) is 0 Å². The molecule has 0 aliphatic heterocycles. The third-order valence-electron chi connectivity index (χ3n) is 8.01. The molecule has 0 radical (unpaired) electrons. The summed E-state index contributed by atoms with van der Waals surface area (Å²) >= 11 is 2.29. The third kappa shape index (κ3) is 7.54. The number of carbonyl (C=O) groups excluding carboxylic acids is 1. The molecule has 1 atom stereocenters. The van der Waals surface area contributed by atoms with Crippen LogP contribution in [0, 0.1) is 15.4 Å². The second-order valence-electron chi connectivity index (χ2n) is 11.2. The zero-order valence-corrected chi connectivity index (χ0v) is 25.6. The van der Waals surface area contributed by atoms with Gasteiger partial charge in [-0.2, -0.15) is 0 Å².